The van der Waals surface area contributed by atoms with Crippen LogP contribution in [0.25, 0.3) is 0 Å². The van der Waals surface area contributed by atoms with Gasteiger partial charge in [-0.15, -0.1) is 0 Å². The van der Waals surface area contributed by atoms with Crippen molar-refractivity contribution in [2.45, 2.75) is 371 Å². The summed E-state index contributed by atoms with van der Waals surface area (Å²) in [5.41, 5.74) is 0. The molecule has 0 atom stereocenters. The zero-order valence-corrected chi connectivity index (χ0v) is 60.9. The van der Waals surface area contributed by atoms with E-state index in [0.717, 1.165) is 0 Å². The Labute approximate surface area is 539 Å². The molecule has 0 N–H and O–H groups in total. The largest absolute Gasteiger partial charge is 0.303 e. The van der Waals surface area contributed by atoms with Gasteiger partial charge in [0, 0.05) is 0 Å². The Morgan fingerprint density at radius 1 is 0.0941 bits per heavy atom. The predicted molar refractivity (Wildman–Crippen MR) is 388 cm³/mol. The van der Waals surface area contributed by atoms with Crippen LogP contribution >= 0.6 is 0 Å². The molecule has 0 aromatic heterocycles. The Morgan fingerprint density at radius 3 is 0.294 bits per heavy atom. The Hall–Kier alpha value is -0.280. The van der Waals surface area contributed by atoms with E-state index in [9.17, 15) is 0 Å². The fourth-order valence-electron chi connectivity index (χ4n) is 13.4. The second kappa shape index (κ2) is 71.2. The van der Waals surface area contributed by atoms with Gasteiger partial charge in [-0.2, -0.15) is 0 Å². The van der Waals surface area contributed by atoms with Crippen molar-refractivity contribution >= 4 is 0 Å². The van der Waals surface area contributed by atoms with Crippen LogP contribution in [0.4, 0.5) is 0 Å². The number of hydrogen-bond donors (Lipinski definition) is 0. The summed E-state index contributed by atoms with van der Waals surface area (Å²) < 4.78 is 0. The van der Waals surface area contributed by atoms with Crippen LogP contribution in [0.2, 0.25) is 0 Å². The monoisotopic (exact) mass is 1200 g/mol. The summed E-state index contributed by atoms with van der Waals surface area (Å²) in [5, 5.41) is 0. The van der Waals surface area contributed by atoms with Gasteiger partial charge in [-0.05, 0) is 234 Å². The predicted octanol–water partition coefficient (Wildman–Crippen LogP) is 22.0. The highest BCUT2D eigenvalue weighted by atomic mass is 15.2. The third kappa shape index (κ3) is 61.0. The highest BCUT2D eigenvalue weighted by Crippen LogP contribution is 2.15. The van der Waals surface area contributed by atoms with Gasteiger partial charge in [-0.3, -0.25) is 0 Å². The lowest BCUT2D eigenvalue weighted by atomic mass is 10.1. The summed E-state index contributed by atoms with van der Waals surface area (Å²) in [4.78, 5) is 20.4. The second-order valence-corrected chi connectivity index (χ2v) is 27.7. The molecular weight excluding hydrogens is 1030 g/mol. The fraction of sp³-hybridized carbons (Fsp3) is 1.00. The molecular formula is C78H165N7. The van der Waals surface area contributed by atoms with Crippen LogP contribution < -0.4 is 0 Å². The van der Waals surface area contributed by atoms with Crippen LogP contribution in [0.1, 0.15) is 371 Å². The molecule has 0 saturated heterocycles. The van der Waals surface area contributed by atoms with Gasteiger partial charge >= 0.3 is 0 Å². The van der Waals surface area contributed by atoms with Crippen molar-refractivity contribution in [2.24, 2.45) is 0 Å². The summed E-state index contributed by atoms with van der Waals surface area (Å²) in [6.07, 6.45) is 66.5. The van der Waals surface area contributed by atoms with Crippen LogP contribution in [0.5, 0.6) is 0 Å². The molecule has 7 heteroatoms. The average molecular weight is 1200 g/mol. The van der Waals surface area contributed by atoms with Crippen LogP contribution in [-0.4, -0.2) is 172 Å². The van der Waals surface area contributed by atoms with E-state index in [0.29, 0.717) is 0 Å². The summed E-state index contributed by atoms with van der Waals surface area (Å²) in [7, 11) is 0. The maximum absolute atomic E-state index is 2.98. The molecule has 0 aliphatic rings. The first-order chi connectivity index (χ1) is 41.9. The van der Waals surface area contributed by atoms with Crippen LogP contribution in [0.15, 0.2) is 0 Å². The van der Waals surface area contributed by atoms with Gasteiger partial charge in [0.25, 0.3) is 0 Å². The molecule has 0 heterocycles. The molecule has 0 bridgehead atoms. The summed E-state index contributed by atoms with van der Waals surface area (Å²) in [6, 6.07) is 0. The quantitative estimate of drug-likeness (QED) is 0.0559. The summed E-state index contributed by atoms with van der Waals surface area (Å²) in [5.74, 6) is 0. The van der Waals surface area contributed by atoms with Gasteiger partial charge in [0.15, 0.2) is 0 Å². The second-order valence-electron chi connectivity index (χ2n) is 27.7. The lowest BCUT2D eigenvalue weighted by Crippen LogP contribution is -2.37. The first-order valence-corrected chi connectivity index (χ1v) is 40.0. The third-order valence-electron chi connectivity index (χ3n) is 19.1. The SMILES string of the molecule is CCCCCCCCCCCCN(CCCN(CCCN(CCCCCC)CCCCCC)CCCN(CCCCCC)CCCCCC)CCCN(CCCN(CCCCCC)CCCCCC)CCCN(CCCCCC)CCCCCC. The van der Waals surface area contributed by atoms with Crippen molar-refractivity contribution in [2.75, 3.05) is 137 Å². The highest BCUT2D eigenvalue weighted by Gasteiger charge is 2.16. The molecule has 0 saturated carbocycles. The van der Waals surface area contributed by atoms with E-state index in [1.54, 1.807) is 0 Å². The van der Waals surface area contributed by atoms with Gasteiger partial charge in [0.05, 0.1) is 0 Å². The fourth-order valence-corrected chi connectivity index (χ4v) is 13.4. The average Bonchev–Trinajstić information content (AvgIpc) is 3.52. The van der Waals surface area contributed by atoms with Gasteiger partial charge in [0.1, 0.15) is 0 Å². The third-order valence-corrected chi connectivity index (χ3v) is 19.1. The maximum Gasteiger partial charge on any atom is -0.000653 e. The Bertz CT molecular complexity index is 1010. The molecule has 0 rings (SSSR count). The number of rotatable bonds is 75. The van der Waals surface area contributed by atoms with Gasteiger partial charge < -0.3 is 34.3 Å². The molecule has 0 unspecified atom stereocenters. The Balaban J connectivity index is 6.44. The van der Waals surface area contributed by atoms with Crippen molar-refractivity contribution in [3.63, 3.8) is 0 Å². The summed E-state index contributed by atoms with van der Waals surface area (Å²) in [6.45, 7) is 48.5. The first-order valence-electron chi connectivity index (χ1n) is 40.0. The molecule has 0 amide bonds. The van der Waals surface area contributed by atoms with Crippen molar-refractivity contribution in [1.29, 1.82) is 0 Å². The van der Waals surface area contributed by atoms with E-state index in [-0.39, 0.29) is 0 Å². The van der Waals surface area contributed by atoms with Crippen LogP contribution in [-0.2, 0) is 0 Å². The first kappa shape index (κ1) is 84.7. The van der Waals surface area contributed by atoms with Crippen molar-refractivity contribution < 1.29 is 0 Å². The lowest BCUT2D eigenvalue weighted by Gasteiger charge is -2.30. The zero-order chi connectivity index (χ0) is 61.8. The van der Waals surface area contributed by atoms with Crippen LogP contribution in [0.3, 0.4) is 0 Å². The standard InChI is InChI=1S/C78H165N7/c1-10-19-28-37-38-39-40-41-42-51-66-83(71-56-77-84(73-52-67-79(58-43-29-20-11-2)59-44-30-21-12-3)74-53-68-80(60-45-31-22-13-4)61-46-32-23-14-5)72-57-78-85(75-54-69-81(62-47-33-24-15-6)63-48-34-25-16-7)76-55-70-82(64-49-35-26-17-8)65-50-36-27-18-9/h10-78H2,1-9H3. The number of nitrogens with zero attached hydrogens (tertiary/aromatic N) is 7. The van der Waals surface area contributed by atoms with Gasteiger partial charge in [0.2, 0.25) is 0 Å². The van der Waals surface area contributed by atoms with Crippen molar-refractivity contribution in [3.05, 3.63) is 0 Å². The molecule has 85 heavy (non-hydrogen) atoms. The molecule has 0 radical (unpaired) electrons. The lowest BCUT2D eigenvalue weighted by molar-refractivity contribution is 0.179. The number of hydrogen-bond acceptors (Lipinski definition) is 7. The molecule has 512 valence electrons. The Morgan fingerprint density at radius 2 is 0.176 bits per heavy atom. The minimum Gasteiger partial charge on any atom is -0.303 e. The normalized spacial score (nSPS) is 12.3. The highest BCUT2D eigenvalue weighted by molar-refractivity contribution is 4.72. The van der Waals surface area contributed by atoms with E-state index >= 15 is 0 Å². The minimum atomic E-state index is 1.28. The minimum absolute atomic E-state index is 1.28. The maximum atomic E-state index is 2.98. The van der Waals surface area contributed by atoms with E-state index in [1.807, 2.05) is 0 Å². The molecule has 0 spiro atoms. The van der Waals surface area contributed by atoms with E-state index in [1.165, 1.54) is 446 Å². The van der Waals surface area contributed by atoms with E-state index < -0.39 is 0 Å². The molecule has 7 nitrogen and oxygen atoms in total. The molecule has 0 aromatic rings. The molecule has 0 aromatic carbocycles. The van der Waals surface area contributed by atoms with Crippen molar-refractivity contribution in [3.8, 4) is 0 Å². The number of unbranched alkanes of at least 4 members (excludes halogenated alkanes) is 33. The summed E-state index contributed by atoms with van der Waals surface area (Å²) >= 11 is 0. The molecule has 0 fully saturated rings. The topological polar surface area (TPSA) is 22.7 Å². The Kier molecular flexibility index (Phi) is 70.9. The van der Waals surface area contributed by atoms with Crippen molar-refractivity contribution in [1.82, 2.24) is 34.3 Å². The van der Waals surface area contributed by atoms with E-state index in [2.05, 4.69) is 96.6 Å². The smallest absolute Gasteiger partial charge is 0.000653 e. The molecule has 0 aliphatic heterocycles. The van der Waals surface area contributed by atoms with Crippen LogP contribution in [0, 0.1) is 0 Å². The van der Waals surface area contributed by atoms with E-state index in [4.69, 9.17) is 0 Å². The van der Waals surface area contributed by atoms with Gasteiger partial charge in [-0.25, -0.2) is 0 Å². The zero-order valence-electron chi connectivity index (χ0n) is 60.9. The molecule has 0 aliphatic carbocycles. The van der Waals surface area contributed by atoms with Gasteiger partial charge in [-0.1, -0.05) is 274 Å².